The van der Waals surface area contributed by atoms with Gasteiger partial charge in [0.1, 0.15) is 17.3 Å². The molecule has 1 aromatic carbocycles. The zero-order chi connectivity index (χ0) is 20.9. The molecule has 2 aromatic heterocycles. The van der Waals surface area contributed by atoms with Crippen LogP contribution in [-0.2, 0) is 6.54 Å². The Morgan fingerprint density at radius 2 is 1.83 bits per heavy atom. The summed E-state index contributed by atoms with van der Waals surface area (Å²) in [6.45, 7) is 2.69. The quantitative estimate of drug-likeness (QED) is 0.677. The van der Waals surface area contributed by atoms with E-state index in [-0.39, 0.29) is 11.5 Å². The molecule has 156 valence electrons. The third-order valence-corrected chi connectivity index (χ3v) is 5.60. The van der Waals surface area contributed by atoms with Crippen LogP contribution >= 0.6 is 0 Å². The van der Waals surface area contributed by atoms with Gasteiger partial charge in [-0.05, 0) is 44.1 Å². The van der Waals surface area contributed by atoms with Gasteiger partial charge in [0.2, 0.25) is 0 Å². The average molecular weight is 406 g/mol. The Labute approximate surface area is 175 Å². The van der Waals surface area contributed by atoms with E-state index in [1.807, 2.05) is 24.3 Å². The third-order valence-electron chi connectivity index (χ3n) is 5.60. The van der Waals surface area contributed by atoms with Crippen molar-refractivity contribution < 1.29 is 9.47 Å². The van der Waals surface area contributed by atoms with Crippen LogP contribution in [0.2, 0.25) is 0 Å². The van der Waals surface area contributed by atoms with Crippen LogP contribution in [-0.4, -0.2) is 47.2 Å². The summed E-state index contributed by atoms with van der Waals surface area (Å²) in [6.07, 6.45) is 5.32. The highest BCUT2D eigenvalue weighted by atomic mass is 16.5. The topological polar surface area (TPSA) is 80.3 Å². The molecule has 0 atom stereocenters. The molecule has 0 radical (unpaired) electrons. The van der Waals surface area contributed by atoms with E-state index in [0.29, 0.717) is 5.69 Å². The van der Waals surface area contributed by atoms with Gasteiger partial charge in [0.05, 0.1) is 19.9 Å². The van der Waals surface area contributed by atoms with E-state index in [1.54, 1.807) is 32.7 Å². The molecule has 1 aliphatic rings. The first-order valence-electron chi connectivity index (χ1n) is 10.1. The lowest BCUT2D eigenvalue weighted by Crippen LogP contribution is -2.33. The van der Waals surface area contributed by atoms with Crippen LogP contribution in [0, 0.1) is 0 Å². The number of pyridine rings is 1. The number of aromatic amines is 1. The summed E-state index contributed by atoms with van der Waals surface area (Å²) in [4.78, 5) is 26.3. The number of aromatic nitrogens is 3. The van der Waals surface area contributed by atoms with Gasteiger partial charge in [-0.25, -0.2) is 4.98 Å². The number of methoxy groups -OCH3 is 2. The Balaban J connectivity index is 1.44. The first-order chi connectivity index (χ1) is 14.7. The van der Waals surface area contributed by atoms with Gasteiger partial charge in [-0.3, -0.25) is 14.7 Å². The molecule has 0 amide bonds. The van der Waals surface area contributed by atoms with Gasteiger partial charge < -0.3 is 14.5 Å². The van der Waals surface area contributed by atoms with E-state index in [9.17, 15) is 4.79 Å². The molecule has 0 unspecified atom stereocenters. The van der Waals surface area contributed by atoms with E-state index in [0.717, 1.165) is 60.9 Å². The predicted octanol–water partition coefficient (Wildman–Crippen LogP) is 3.23. The van der Waals surface area contributed by atoms with Crippen LogP contribution in [0.15, 0.2) is 53.6 Å². The fourth-order valence-corrected chi connectivity index (χ4v) is 3.93. The third kappa shape index (κ3) is 4.52. The summed E-state index contributed by atoms with van der Waals surface area (Å²) in [7, 11) is 3.34. The molecule has 0 saturated carbocycles. The maximum absolute atomic E-state index is 12.2. The molecule has 0 spiro atoms. The lowest BCUT2D eigenvalue weighted by Gasteiger charge is -2.31. The molecule has 3 heterocycles. The second-order valence-electron chi connectivity index (χ2n) is 7.48. The number of H-pyrrole nitrogens is 1. The summed E-state index contributed by atoms with van der Waals surface area (Å²) in [5.41, 5.74) is 2.63. The van der Waals surface area contributed by atoms with Crippen LogP contribution in [0.1, 0.15) is 30.1 Å². The number of nitrogens with one attached hydrogen (secondary N) is 1. The zero-order valence-electron chi connectivity index (χ0n) is 17.3. The van der Waals surface area contributed by atoms with Gasteiger partial charge >= 0.3 is 0 Å². The lowest BCUT2D eigenvalue weighted by atomic mass is 9.95. The van der Waals surface area contributed by atoms with E-state index in [4.69, 9.17) is 14.5 Å². The molecule has 1 fully saturated rings. The summed E-state index contributed by atoms with van der Waals surface area (Å²) in [6, 6.07) is 11.2. The van der Waals surface area contributed by atoms with Gasteiger partial charge in [-0.2, -0.15) is 0 Å². The van der Waals surface area contributed by atoms with Crippen LogP contribution in [0.3, 0.4) is 0 Å². The highest BCUT2D eigenvalue weighted by Gasteiger charge is 2.23. The molecule has 7 nitrogen and oxygen atoms in total. The van der Waals surface area contributed by atoms with E-state index < -0.39 is 0 Å². The molecule has 0 aliphatic carbocycles. The van der Waals surface area contributed by atoms with Crippen LogP contribution < -0.4 is 15.0 Å². The van der Waals surface area contributed by atoms with Crippen molar-refractivity contribution in [1.29, 1.82) is 0 Å². The fourth-order valence-electron chi connectivity index (χ4n) is 3.93. The summed E-state index contributed by atoms with van der Waals surface area (Å²) >= 11 is 0. The largest absolute Gasteiger partial charge is 0.497 e. The van der Waals surface area contributed by atoms with E-state index >= 15 is 0 Å². The Morgan fingerprint density at radius 3 is 2.53 bits per heavy atom. The van der Waals surface area contributed by atoms with Gasteiger partial charge in [-0.1, -0.05) is 6.07 Å². The summed E-state index contributed by atoms with van der Waals surface area (Å²) in [5, 5.41) is 0. The van der Waals surface area contributed by atoms with Crippen LogP contribution in [0.4, 0.5) is 0 Å². The molecular formula is C23H26N4O3. The van der Waals surface area contributed by atoms with Crippen LogP contribution in [0.25, 0.3) is 11.3 Å². The standard InChI is InChI=1S/C23H26N4O3/c1-29-19-4-3-18(21(13-19)30-2)15-27-11-7-17(8-12-27)23-25-20(14-22(28)26-23)16-5-9-24-10-6-16/h3-6,9-10,13-14,17H,7-8,11-12,15H2,1-2H3,(H,25,26,28). The van der Waals surface area contributed by atoms with Crippen molar-refractivity contribution in [1.82, 2.24) is 19.9 Å². The number of rotatable bonds is 6. The molecule has 0 bridgehead atoms. The summed E-state index contributed by atoms with van der Waals surface area (Å²) in [5.74, 6) is 2.65. The Bertz CT molecular complexity index is 1040. The van der Waals surface area contributed by atoms with Crippen molar-refractivity contribution in [3.05, 3.63) is 70.5 Å². The molecule has 1 aliphatic heterocycles. The second kappa shape index (κ2) is 9.09. The zero-order valence-corrected chi connectivity index (χ0v) is 17.3. The first kappa shape index (κ1) is 20.1. The first-order valence-corrected chi connectivity index (χ1v) is 10.1. The minimum Gasteiger partial charge on any atom is -0.497 e. The maximum atomic E-state index is 12.2. The minimum absolute atomic E-state index is 0.114. The predicted molar refractivity (Wildman–Crippen MR) is 115 cm³/mol. The lowest BCUT2D eigenvalue weighted by molar-refractivity contribution is 0.199. The molecule has 1 saturated heterocycles. The normalized spacial score (nSPS) is 15.1. The Kier molecular flexibility index (Phi) is 6.09. The van der Waals surface area contributed by atoms with Gasteiger partial charge in [-0.15, -0.1) is 0 Å². The highest BCUT2D eigenvalue weighted by molar-refractivity contribution is 5.57. The van der Waals surface area contributed by atoms with Crippen molar-refractivity contribution >= 4 is 0 Å². The number of benzene rings is 1. The van der Waals surface area contributed by atoms with E-state index in [2.05, 4.69) is 20.9 Å². The van der Waals surface area contributed by atoms with Crippen molar-refractivity contribution in [3.8, 4) is 22.8 Å². The molecule has 30 heavy (non-hydrogen) atoms. The molecule has 4 rings (SSSR count). The van der Waals surface area contributed by atoms with Crippen molar-refractivity contribution in [2.24, 2.45) is 0 Å². The van der Waals surface area contributed by atoms with E-state index in [1.165, 1.54) is 0 Å². The fraction of sp³-hybridized carbons (Fsp3) is 0.348. The minimum atomic E-state index is -0.114. The number of hydrogen-bond acceptors (Lipinski definition) is 6. The van der Waals surface area contributed by atoms with Gasteiger partial charge in [0, 0.05) is 48.1 Å². The second-order valence-corrected chi connectivity index (χ2v) is 7.48. The number of likely N-dealkylation sites (tertiary alicyclic amines) is 1. The van der Waals surface area contributed by atoms with Crippen molar-refractivity contribution in [2.75, 3.05) is 27.3 Å². The highest BCUT2D eigenvalue weighted by Crippen LogP contribution is 2.30. The monoisotopic (exact) mass is 406 g/mol. The Morgan fingerprint density at radius 1 is 1.07 bits per heavy atom. The van der Waals surface area contributed by atoms with Crippen molar-refractivity contribution in [2.45, 2.75) is 25.3 Å². The summed E-state index contributed by atoms with van der Waals surface area (Å²) < 4.78 is 10.8. The van der Waals surface area contributed by atoms with Crippen molar-refractivity contribution in [3.63, 3.8) is 0 Å². The molecule has 7 heteroatoms. The SMILES string of the molecule is COc1ccc(CN2CCC(c3nc(-c4ccncc4)cc(=O)[nH]3)CC2)c(OC)c1. The molecular weight excluding hydrogens is 380 g/mol. The molecule has 1 N–H and O–H groups in total. The number of hydrogen-bond donors (Lipinski definition) is 1. The number of ether oxygens (including phenoxy) is 2. The maximum Gasteiger partial charge on any atom is 0.251 e. The molecule has 3 aromatic rings. The smallest absolute Gasteiger partial charge is 0.251 e. The average Bonchev–Trinajstić information content (AvgIpc) is 2.80. The van der Waals surface area contributed by atoms with Gasteiger partial charge in [0.15, 0.2) is 0 Å². The van der Waals surface area contributed by atoms with Crippen LogP contribution in [0.5, 0.6) is 11.5 Å². The Hall–Kier alpha value is -3.19. The van der Waals surface area contributed by atoms with Gasteiger partial charge in [0.25, 0.3) is 5.56 Å². The number of piperidine rings is 1. The number of nitrogens with zero attached hydrogens (tertiary/aromatic N) is 3.